The largest absolute Gasteiger partial charge is 0.497 e. The quantitative estimate of drug-likeness (QED) is 0.475. The van der Waals surface area contributed by atoms with Crippen LogP contribution < -0.4 is 14.2 Å². The van der Waals surface area contributed by atoms with Gasteiger partial charge in [0.05, 0.1) is 7.11 Å². The smallest absolute Gasteiger partial charge is 0.331 e. The molecular formula is C21H17NO6. The van der Waals surface area contributed by atoms with Gasteiger partial charge in [-0.3, -0.25) is 0 Å². The van der Waals surface area contributed by atoms with Gasteiger partial charge in [0.15, 0.2) is 17.3 Å². The first-order chi connectivity index (χ1) is 13.7. The van der Waals surface area contributed by atoms with Crippen LogP contribution in [0, 0.1) is 0 Å². The van der Waals surface area contributed by atoms with Crippen molar-refractivity contribution in [2.75, 3.05) is 13.9 Å². The van der Waals surface area contributed by atoms with E-state index < -0.39 is 5.97 Å². The van der Waals surface area contributed by atoms with Crippen LogP contribution in [0.4, 0.5) is 0 Å². The van der Waals surface area contributed by atoms with Crippen molar-refractivity contribution >= 4 is 12.0 Å². The van der Waals surface area contributed by atoms with E-state index in [-0.39, 0.29) is 13.4 Å². The number of nitrogens with zero attached hydrogens (tertiary/aromatic N) is 1. The maximum Gasteiger partial charge on any atom is 0.331 e. The molecule has 0 radical (unpaired) electrons. The molecule has 1 aliphatic heterocycles. The topological polar surface area (TPSA) is 80.0 Å². The number of aromatic nitrogens is 1. The van der Waals surface area contributed by atoms with Crippen LogP contribution in [0.15, 0.2) is 59.1 Å². The third-order valence-corrected chi connectivity index (χ3v) is 4.08. The third kappa shape index (κ3) is 3.98. The van der Waals surface area contributed by atoms with E-state index in [1.54, 1.807) is 31.4 Å². The molecule has 0 fully saturated rings. The van der Waals surface area contributed by atoms with E-state index in [1.165, 1.54) is 6.08 Å². The summed E-state index contributed by atoms with van der Waals surface area (Å²) in [7, 11) is 1.60. The number of ether oxygens (including phenoxy) is 4. The molecule has 0 unspecified atom stereocenters. The molecule has 0 saturated heterocycles. The number of methoxy groups -OCH3 is 1. The molecule has 1 aromatic heterocycles. The van der Waals surface area contributed by atoms with E-state index in [1.807, 2.05) is 30.3 Å². The average Bonchev–Trinajstić information content (AvgIpc) is 3.39. The summed E-state index contributed by atoms with van der Waals surface area (Å²) in [6, 6.07) is 14.6. The van der Waals surface area contributed by atoms with Gasteiger partial charge in [-0.15, -0.1) is 0 Å². The molecule has 0 saturated carbocycles. The van der Waals surface area contributed by atoms with Gasteiger partial charge in [-0.1, -0.05) is 23.4 Å². The fourth-order valence-corrected chi connectivity index (χ4v) is 2.67. The molecule has 0 spiro atoms. The summed E-state index contributed by atoms with van der Waals surface area (Å²) >= 11 is 0. The standard InChI is InChI=1S/C21H17NO6/c1-24-17-4-2-3-15(10-17)19-11-16(22-28-19)12-25-21(23)8-6-14-5-7-18-20(9-14)27-13-26-18/h2-11H,12-13H2,1H3/b8-6-. The molecule has 7 heteroatoms. The summed E-state index contributed by atoms with van der Waals surface area (Å²) in [6.07, 6.45) is 3.00. The van der Waals surface area contributed by atoms with Gasteiger partial charge in [-0.2, -0.15) is 0 Å². The molecule has 142 valence electrons. The molecular weight excluding hydrogens is 362 g/mol. The molecule has 1 aliphatic rings. The molecule has 0 N–H and O–H groups in total. The minimum absolute atomic E-state index is 0.0117. The number of benzene rings is 2. The molecule has 28 heavy (non-hydrogen) atoms. The van der Waals surface area contributed by atoms with Crippen molar-refractivity contribution in [3.05, 3.63) is 65.9 Å². The Bertz CT molecular complexity index is 1020. The summed E-state index contributed by atoms with van der Waals surface area (Å²) in [4.78, 5) is 11.9. The SMILES string of the molecule is COc1cccc(-c2cc(COC(=O)/C=C\c3ccc4c(c3)OCO4)no2)c1. The number of fused-ring (bicyclic) bond motifs is 1. The number of hydrogen-bond acceptors (Lipinski definition) is 7. The molecule has 0 bridgehead atoms. The highest BCUT2D eigenvalue weighted by Crippen LogP contribution is 2.32. The summed E-state index contributed by atoms with van der Waals surface area (Å²) in [5.41, 5.74) is 2.15. The summed E-state index contributed by atoms with van der Waals surface area (Å²) < 4.78 is 26.3. The highest BCUT2D eigenvalue weighted by Gasteiger charge is 2.13. The number of hydrogen-bond donors (Lipinski definition) is 0. The van der Waals surface area contributed by atoms with E-state index in [4.69, 9.17) is 23.5 Å². The molecule has 3 aromatic rings. The number of carbonyl (C=O) groups is 1. The summed E-state index contributed by atoms with van der Waals surface area (Å²) in [5.74, 6) is 2.15. The lowest BCUT2D eigenvalue weighted by Gasteiger charge is -2.00. The Hall–Kier alpha value is -3.74. The van der Waals surface area contributed by atoms with E-state index >= 15 is 0 Å². The van der Waals surface area contributed by atoms with Crippen molar-refractivity contribution < 1.29 is 28.3 Å². The first-order valence-electron chi connectivity index (χ1n) is 8.56. The zero-order valence-corrected chi connectivity index (χ0v) is 15.1. The lowest BCUT2D eigenvalue weighted by molar-refractivity contribution is -0.139. The maximum atomic E-state index is 11.9. The van der Waals surface area contributed by atoms with Crippen LogP contribution in [0.25, 0.3) is 17.4 Å². The second kappa shape index (κ2) is 7.87. The normalized spacial score (nSPS) is 12.3. The Labute approximate surface area is 161 Å². The number of esters is 1. The van der Waals surface area contributed by atoms with E-state index in [0.717, 1.165) is 16.9 Å². The molecule has 0 atom stereocenters. The van der Waals surface area contributed by atoms with Crippen LogP contribution in [-0.4, -0.2) is 25.0 Å². The fraction of sp³-hybridized carbons (Fsp3) is 0.143. The zero-order chi connectivity index (χ0) is 19.3. The minimum atomic E-state index is -0.483. The predicted octanol–water partition coefficient (Wildman–Crippen LogP) is 3.84. The second-order valence-electron chi connectivity index (χ2n) is 5.97. The van der Waals surface area contributed by atoms with Gasteiger partial charge < -0.3 is 23.5 Å². The molecule has 4 rings (SSSR count). The monoisotopic (exact) mass is 379 g/mol. The first-order valence-corrected chi connectivity index (χ1v) is 8.56. The Balaban J connectivity index is 1.34. The fourth-order valence-electron chi connectivity index (χ4n) is 2.67. The predicted molar refractivity (Wildman–Crippen MR) is 99.9 cm³/mol. The van der Waals surface area contributed by atoms with Gasteiger partial charge >= 0.3 is 5.97 Å². The minimum Gasteiger partial charge on any atom is -0.497 e. The second-order valence-corrected chi connectivity index (χ2v) is 5.97. The zero-order valence-electron chi connectivity index (χ0n) is 15.1. The van der Waals surface area contributed by atoms with Crippen molar-refractivity contribution in [3.8, 4) is 28.6 Å². The van der Waals surface area contributed by atoms with Gasteiger partial charge in [-0.05, 0) is 35.9 Å². The molecule has 2 aromatic carbocycles. The van der Waals surface area contributed by atoms with Crippen LogP contribution in [0.1, 0.15) is 11.3 Å². The van der Waals surface area contributed by atoms with Gasteiger partial charge in [0.25, 0.3) is 0 Å². The first kappa shape index (κ1) is 17.7. The summed E-state index contributed by atoms with van der Waals surface area (Å²) in [6.45, 7) is 0.220. The maximum absolute atomic E-state index is 11.9. The molecule has 2 heterocycles. The van der Waals surface area contributed by atoms with Crippen molar-refractivity contribution in [2.24, 2.45) is 0 Å². The summed E-state index contributed by atoms with van der Waals surface area (Å²) in [5, 5.41) is 3.93. The van der Waals surface area contributed by atoms with Crippen LogP contribution in [0.3, 0.4) is 0 Å². The number of carbonyl (C=O) groups excluding carboxylic acids is 1. The lowest BCUT2D eigenvalue weighted by Crippen LogP contribution is -2.00. The average molecular weight is 379 g/mol. The Morgan fingerprint density at radius 2 is 2.04 bits per heavy atom. The van der Waals surface area contributed by atoms with Crippen LogP contribution >= 0.6 is 0 Å². The van der Waals surface area contributed by atoms with E-state index in [9.17, 15) is 4.79 Å². The van der Waals surface area contributed by atoms with Crippen LogP contribution in [0.2, 0.25) is 0 Å². The Morgan fingerprint density at radius 1 is 1.14 bits per heavy atom. The molecule has 0 aliphatic carbocycles. The molecule has 0 amide bonds. The Morgan fingerprint density at radius 3 is 2.93 bits per heavy atom. The molecule has 7 nitrogen and oxygen atoms in total. The van der Waals surface area contributed by atoms with Crippen molar-refractivity contribution in [1.82, 2.24) is 5.16 Å². The van der Waals surface area contributed by atoms with E-state index in [2.05, 4.69) is 5.16 Å². The van der Waals surface area contributed by atoms with E-state index in [0.29, 0.717) is 23.0 Å². The van der Waals surface area contributed by atoms with Gasteiger partial charge in [0.2, 0.25) is 6.79 Å². The van der Waals surface area contributed by atoms with Gasteiger partial charge in [0.1, 0.15) is 18.1 Å². The highest BCUT2D eigenvalue weighted by molar-refractivity contribution is 5.87. The van der Waals surface area contributed by atoms with Crippen LogP contribution in [0.5, 0.6) is 17.2 Å². The van der Waals surface area contributed by atoms with Crippen molar-refractivity contribution in [1.29, 1.82) is 0 Å². The van der Waals surface area contributed by atoms with Gasteiger partial charge in [0, 0.05) is 17.7 Å². The third-order valence-electron chi connectivity index (χ3n) is 4.08. The number of rotatable bonds is 6. The van der Waals surface area contributed by atoms with Gasteiger partial charge in [-0.25, -0.2) is 4.79 Å². The van der Waals surface area contributed by atoms with Crippen molar-refractivity contribution in [2.45, 2.75) is 6.61 Å². The van der Waals surface area contributed by atoms with Crippen LogP contribution in [-0.2, 0) is 16.1 Å². The highest BCUT2D eigenvalue weighted by atomic mass is 16.7. The lowest BCUT2D eigenvalue weighted by atomic mass is 10.1. The van der Waals surface area contributed by atoms with Crippen molar-refractivity contribution in [3.63, 3.8) is 0 Å². The Kier molecular flexibility index (Phi) is 4.97.